The summed E-state index contributed by atoms with van der Waals surface area (Å²) in [5.74, 6) is -0.119. The van der Waals surface area contributed by atoms with Gasteiger partial charge in [0.05, 0.1) is 11.0 Å². The molecule has 0 saturated heterocycles. The Morgan fingerprint density at radius 1 is 1.04 bits per heavy atom. The number of aryl methyl sites for hydroxylation is 2. The molecule has 124 valence electrons. The van der Waals surface area contributed by atoms with E-state index in [1.807, 2.05) is 38.1 Å². The van der Waals surface area contributed by atoms with E-state index in [-0.39, 0.29) is 11.6 Å². The van der Waals surface area contributed by atoms with E-state index in [4.69, 9.17) is 0 Å². The predicted molar refractivity (Wildman–Crippen MR) is 96.5 cm³/mol. The van der Waals surface area contributed by atoms with Crippen molar-refractivity contribution in [1.82, 2.24) is 9.97 Å². The number of carbonyl (C=O) groups excluding carboxylic acids is 1. The summed E-state index contributed by atoms with van der Waals surface area (Å²) < 4.78 is 0. The third-order valence-corrected chi connectivity index (χ3v) is 3.94. The first-order valence-electron chi connectivity index (χ1n) is 7.79. The Balaban J connectivity index is 1.72. The Bertz CT molecular complexity index is 955. The number of aromatic nitrogens is 2. The largest absolute Gasteiger partial charge is 0.374 e. The van der Waals surface area contributed by atoms with Crippen LogP contribution in [0.25, 0.3) is 11.0 Å². The molecule has 0 aliphatic carbocycles. The number of aromatic amines is 2. The summed E-state index contributed by atoms with van der Waals surface area (Å²) in [5, 5.41) is 6.10. The van der Waals surface area contributed by atoms with Crippen LogP contribution in [0, 0.1) is 13.8 Å². The first-order valence-corrected chi connectivity index (χ1v) is 7.79. The quantitative estimate of drug-likeness (QED) is 0.595. The van der Waals surface area contributed by atoms with E-state index < -0.39 is 6.04 Å². The second kappa shape index (κ2) is 6.23. The fourth-order valence-corrected chi connectivity index (χ4v) is 2.55. The van der Waals surface area contributed by atoms with Crippen LogP contribution < -0.4 is 16.3 Å². The van der Waals surface area contributed by atoms with Crippen molar-refractivity contribution in [2.45, 2.75) is 26.8 Å². The number of H-pyrrole nitrogens is 2. The molecule has 2 aromatic carbocycles. The van der Waals surface area contributed by atoms with E-state index in [2.05, 4.69) is 20.6 Å². The highest BCUT2D eigenvalue weighted by Crippen LogP contribution is 2.18. The molecule has 3 aromatic rings. The lowest BCUT2D eigenvalue weighted by molar-refractivity contribution is -0.116. The predicted octanol–water partition coefficient (Wildman–Crippen LogP) is 2.91. The second-order valence-electron chi connectivity index (χ2n) is 6.01. The van der Waals surface area contributed by atoms with E-state index in [1.165, 1.54) is 0 Å². The number of benzene rings is 2. The minimum Gasteiger partial charge on any atom is -0.374 e. The normalized spacial score (nSPS) is 12.1. The maximum atomic E-state index is 12.4. The van der Waals surface area contributed by atoms with Gasteiger partial charge in [0.15, 0.2) is 0 Å². The summed E-state index contributed by atoms with van der Waals surface area (Å²) in [5.41, 5.74) is 4.89. The van der Waals surface area contributed by atoms with Crippen LogP contribution >= 0.6 is 0 Å². The molecule has 1 unspecified atom stereocenters. The highest BCUT2D eigenvalue weighted by atomic mass is 16.2. The Morgan fingerprint density at radius 2 is 1.79 bits per heavy atom. The summed E-state index contributed by atoms with van der Waals surface area (Å²) >= 11 is 0. The van der Waals surface area contributed by atoms with E-state index in [0.717, 1.165) is 28.0 Å². The molecule has 0 fully saturated rings. The third-order valence-electron chi connectivity index (χ3n) is 3.94. The molecule has 0 aliphatic heterocycles. The number of amides is 1. The summed E-state index contributed by atoms with van der Waals surface area (Å²) in [7, 11) is 0. The first kappa shape index (κ1) is 15.9. The Kier molecular flexibility index (Phi) is 4.12. The SMILES string of the molecule is Cc1ccc(C)c(NC(=O)C(C)Nc2ccc3[nH]c(=O)[nH]c3c2)c1. The molecule has 3 rings (SSSR count). The van der Waals surface area contributed by atoms with Crippen LogP contribution in [-0.2, 0) is 4.79 Å². The molecule has 1 amide bonds. The van der Waals surface area contributed by atoms with Crippen molar-refractivity contribution in [1.29, 1.82) is 0 Å². The zero-order valence-corrected chi connectivity index (χ0v) is 13.9. The lowest BCUT2D eigenvalue weighted by atomic mass is 10.1. The second-order valence-corrected chi connectivity index (χ2v) is 6.01. The smallest absolute Gasteiger partial charge is 0.323 e. The van der Waals surface area contributed by atoms with Crippen LogP contribution in [0.4, 0.5) is 11.4 Å². The van der Waals surface area contributed by atoms with Crippen LogP contribution in [-0.4, -0.2) is 21.9 Å². The van der Waals surface area contributed by atoms with Gasteiger partial charge in [-0.05, 0) is 56.2 Å². The van der Waals surface area contributed by atoms with Gasteiger partial charge in [0.25, 0.3) is 0 Å². The maximum absolute atomic E-state index is 12.4. The van der Waals surface area contributed by atoms with Crippen molar-refractivity contribution >= 4 is 28.3 Å². The van der Waals surface area contributed by atoms with Gasteiger partial charge in [-0.2, -0.15) is 0 Å². The van der Waals surface area contributed by atoms with Crippen molar-refractivity contribution in [3.05, 3.63) is 58.0 Å². The van der Waals surface area contributed by atoms with Gasteiger partial charge >= 0.3 is 5.69 Å². The Labute approximate surface area is 139 Å². The average Bonchev–Trinajstić information content (AvgIpc) is 2.90. The van der Waals surface area contributed by atoms with Gasteiger partial charge in [0.1, 0.15) is 6.04 Å². The molecule has 4 N–H and O–H groups in total. The Hall–Kier alpha value is -3.02. The third kappa shape index (κ3) is 3.32. The van der Waals surface area contributed by atoms with E-state index in [1.54, 1.807) is 19.1 Å². The number of fused-ring (bicyclic) bond motifs is 1. The molecule has 1 atom stereocenters. The van der Waals surface area contributed by atoms with Crippen LogP contribution in [0.5, 0.6) is 0 Å². The highest BCUT2D eigenvalue weighted by Gasteiger charge is 2.14. The number of rotatable bonds is 4. The summed E-state index contributed by atoms with van der Waals surface area (Å²) in [6.45, 7) is 5.75. The number of hydrogen-bond donors (Lipinski definition) is 4. The van der Waals surface area contributed by atoms with E-state index in [9.17, 15) is 9.59 Å². The van der Waals surface area contributed by atoms with Crippen LogP contribution in [0.3, 0.4) is 0 Å². The van der Waals surface area contributed by atoms with Gasteiger partial charge in [-0.3, -0.25) is 4.79 Å². The maximum Gasteiger partial charge on any atom is 0.323 e. The summed E-state index contributed by atoms with van der Waals surface area (Å²) in [6, 6.07) is 11.0. The van der Waals surface area contributed by atoms with Crippen molar-refractivity contribution in [2.24, 2.45) is 0 Å². The molecule has 1 aromatic heterocycles. The van der Waals surface area contributed by atoms with E-state index in [0.29, 0.717) is 5.52 Å². The van der Waals surface area contributed by atoms with Crippen LogP contribution in [0.1, 0.15) is 18.1 Å². The first-order chi connectivity index (χ1) is 11.4. The number of nitrogens with one attached hydrogen (secondary N) is 4. The number of carbonyl (C=O) groups is 1. The summed E-state index contributed by atoms with van der Waals surface area (Å²) in [6.07, 6.45) is 0. The van der Waals surface area contributed by atoms with Gasteiger partial charge in [-0.25, -0.2) is 4.79 Å². The molecule has 1 heterocycles. The summed E-state index contributed by atoms with van der Waals surface area (Å²) in [4.78, 5) is 29.1. The standard InChI is InChI=1S/C18H20N4O2/c1-10-4-5-11(2)15(8-10)20-17(23)12(3)19-13-6-7-14-16(9-13)22-18(24)21-14/h4-9,12,19H,1-3H3,(H,20,23)(H2,21,22,24). The molecule has 0 saturated carbocycles. The molecule has 0 aliphatic rings. The molecule has 6 heteroatoms. The number of imidazole rings is 1. The monoisotopic (exact) mass is 324 g/mol. The van der Waals surface area contributed by atoms with Crippen molar-refractivity contribution in [2.75, 3.05) is 10.6 Å². The molecule has 24 heavy (non-hydrogen) atoms. The zero-order chi connectivity index (χ0) is 17.3. The minimum atomic E-state index is -0.423. The molecule has 0 bridgehead atoms. The highest BCUT2D eigenvalue weighted by molar-refractivity contribution is 5.97. The number of hydrogen-bond acceptors (Lipinski definition) is 3. The fraction of sp³-hybridized carbons (Fsp3) is 0.222. The fourth-order valence-electron chi connectivity index (χ4n) is 2.55. The van der Waals surface area contributed by atoms with E-state index >= 15 is 0 Å². The molecule has 0 spiro atoms. The zero-order valence-electron chi connectivity index (χ0n) is 13.9. The Morgan fingerprint density at radius 3 is 2.58 bits per heavy atom. The number of anilines is 2. The van der Waals surface area contributed by atoms with Gasteiger partial charge in [0.2, 0.25) is 5.91 Å². The molecular weight excluding hydrogens is 304 g/mol. The van der Waals surface area contributed by atoms with Gasteiger partial charge < -0.3 is 20.6 Å². The topological polar surface area (TPSA) is 89.8 Å². The minimum absolute atomic E-state index is 0.119. The van der Waals surface area contributed by atoms with Gasteiger partial charge in [0, 0.05) is 11.4 Å². The van der Waals surface area contributed by atoms with Crippen molar-refractivity contribution < 1.29 is 4.79 Å². The van der Waals surface area contributed by atoms with Gasteiger partial charge in [-0.15, -0.1) is 0 Å². The molecular formula is C18H20N4O2. The van der Waals surface area contributed by atoms with Gasteiger partial charge in [-0.1, -0.05) is 12.1 Å². The lowest BCUT2D eigenvalue weighted by Crippen LogP contribution is -2.32. The van der Waals surface area contributed by atoms with Crippen LogP contribution in [0.2, 0.25) is 0 Å². The average molecular weight is 324 g/mol. The lowest BCUT2D eigenvalue weighted by Gasteiger charge is -2.16. The molecule has 0 radical (unpaired) electrons. The molecule has 6 nitrogen and oxygen atoms in total. The van der Waals surface area contributed by atoms with Crippen LogP contribution in [0.15, 0.2) is 41.2 Å². The van der Waals surface area contributed by atoms with Crippen molar-refractivity contribution in [3.8, 4) is 0 Å². The van der Waals surface area contributed by atoms with Crippen molar-refractivity contribution in [3.63, 3.8) is 0 Å².